The van der Waals surface area contributed by atoms with E-state index in [9.17, 15) is 4.79 Å². The number of benzene rings is 3. The van der Waals surface area contributed by atoms with Crippen molar-refractivity contribution in [2.24, 2.45) is 5.10 Å². The number of nitrogens with one attached hydrogen (secondary N) is 1. The molecule has 4 aromatic rings. The second-order valence-electron chi connectivity index (χ2n) is 7.06. The van der Waals surface area contributed by atoms with Crippen molar-refractivity contribution in [3.05, 3.63) is 91.0 Å². The quantitative estimate of drug-likeness (QED) is 0.181. The van der Waals surface area contributed by atoms with E-state index in [1.165, 1.54) is 13.3 Å². The fraction of sp³-hybridized carbons (Fsp3) is 0.0833. The molecule has 0 aliphatic carbocycles. The van der Waals surface area contributed by atoms with Gasteiger partial charge in [0.25, 0.3) is 0 Å². The number of furan rings is 1. The Labute approximate surface area is 218 Å². The Morgan fingerprint density at radius 2 is 1.88 bits per heavy atom. The maximum Gasteiger partial charge on any atom is 0.307 e. The summed E-state index contributed by atoms with van der Waals surface area (Å²) >= 11 is 21.8. The number of methoxy groups -OCH3 is 1. The molecule has 0 saturated heterocycles. The van der Waals surface area contributed by atoms with Crippen molar-refractivity contribution >= 4 is 73.8 Å². The van der Waals surface area contributed by atoms with E-state index in [1.54, 1.807) is 42.5 Å². The number of nitrogens with zero attached hydrogens (tertiary/aromatic N) is 1. The van der Waals surface area contributed by atoms with Crippen LogP contribution in [-0.2, 0) is 6.61 Å². The van der Waals surface area contributed by atoms with Gasteiger partial charge in [-0.2, -0.15) is 5.10 Å². The molecule has 1 amide bonds. The van der Waals surface area contributed by atoms with E-state index in [0.717, 1.165) is 15.4 Å². The molecule has 34 heavy (non-hydrogen) atoms. The molecule has 1 N–H and O–H groups in total. The van der Waals surface area contributed by atoms with Crippen LogP contribution in [0.4, 0.5) is 0 Å². The molecule has 174 valence electrons. The van der Waals surface area contributed by atoms with Crippen molar-refractivity contribution in [3.63, 3.8) is 0 Å². The lowest BCUT2D eigenvalue weighted by Gasteiger charge is -2.13. The first-order valence-corrected chi connectivity index (χ1v) is 11.7. The van der Waals surface area contributed by atoms with Crippen LogP contribution in [0.15, 0.2) is 68.6 Å². The molecular weight excluding hydrogens is 567 g/mol. The van der Waals surface area contributed by atoms with Gasteiger partial charge in [-0.1, -0.05) is 56.8 Å². The minimum absolute atomic E-state index is 0.145. The molecule has 0 fully saturated rings. The van der Waals surface area contributed by atoms with Crippen LogP contribution >= 0.6 is 50.7 Å². The average Bonchev–Trinajstić information content (AvgIpc) is 3.23. The molecule has 1 heterocycles. The summed E-state index contributed by atoms with van der Waals surface area (Å²) in [4.78, 5) is 12.4. The molecule has 0 spiro atoms. The molecular formula is C24H16BrCl3N2O4. The number of fused-ring (bicyclic) bond motifs is 1. The second kappa shape index (κ2) is 10.7. The number of rotatable bonds is 7. The maximum atomic E-state index is 12.4. The van der Waals surface area contributed by atoms with Crippen molar-refractivity contribution in [1.82, 2.24) is 5.43 Å². The minimum atomic E-state index is -0.483. The van der Waals surface area contributed by atoms with Crippen molar-refractivity contribution in [2.45, 2.75) is 6.61 Å². The Morgan fingerprint density at radius 1 is 1.06 bits per heavy atom. The van der Waals surface area contributed by atoms with Gasteiger partial charge in [0.05, 0.1) is 28.4 Å². The number of amides is 1. The topological polar surface area (TPSA) is 73.1 Å². The Bertz CT molecular complexity index is 1400. The van der Waals surface area contributed by atoms with Gasteiger partial charge >= 0.3 is 5.91 Å². The molecule has 6 nitrogen and oxygen atoms in total. The minimum Gasteiger partial charge on any atom is -0.493 e. The lowest BCUT2D eigenvalue weighted by molar-refractivity contribution is 0.0929. The van der Waals surface area contributed by atoms with Crippen molar-refractivity contribution in [2.75, 3.05) is 7.11 Å². The van der Waals surface area contributed by atoms with Crippen LogP contribution in [0.5, 0.6) is 11.5 Å². The van der Waals surface area contributed by atoms with Gasteiger partial charge in [-0.05, 0) is 59.7 Å². The van der Waals surface area contributed by atoms with E-state index in [4.69, 9.17) is 48.7 Å². The number of halogens is 4. The molecule has 0 atom stereocenters. The zero-order valence-corrected chi connectivity index (χ0v) is 21.4. The van der Waals surface area contributed by atoms with E-state index in [1.807, 2.05) is 12.1 Å². The first kappa shape index (κ1) is 24.4. The largest absolute Gasteiger partial charge is 0.493 e. The third-order valence-corrected chi connectivity index (χ3v) is 6.21. The Hall–Kier alpha value is -2.71. The highest BCUT2D eigenvalue weighted by Gasteiger charge is 2.14. The van der Waals surface area contributed by atoms with E-state index in [0.29, 0.717) is 37.7 Å². The highest BCUT2D eigenvalue weighted by atomic mass is 79.9. The monoisotopic (exact) mass is 580 g/mol. The van der Waals surface area contributed by atoms with E-state index in [-0.39, 0.29) is 12.4 Å². The second-order valence-corrected chi connectivity index (χ2v) is 9.20. The van der Waals surface area contributed by atoms with E-state index in [2.05, 4.69) is 26.5 Å². The van der Waals surface area contributed by atoms with Gasteiger partial charge in [-0.25, -0.2) is 5.43 Å². The molecule has 0 aliphatic rings. The maximum absolute atomic E-state index is 12.4. The van der Waals surface area contributed by atoms with Gasteiger partial charge in [0, 0.05) is 9.86 Å². The molecule has 0 radical (unpaired) electrons. The summed E-state index contributed by atoms with van der Waals surface area (Å²) in [6.45, 7) is 0.213. The number of hydrogen-bond donors (Lipinski definition) is 1. The van der Waals surface area contributed by atoms with Crippen LogP contribution in [0, 0.1) is 0 Å². The lowest BCUT2D eigenvalue weighted by atomic mass is 10.2. The van der Waals surface area contributed by atoms with Crippen LogP contribution in [0.3, 0.4) is 0 Å². The van der Waals surface area contributed by atoms with Gasteiger partial charge in [-0.15, -0.1) is 0 Å². The average molecular weight is 583 g/mol. The van der Waals surface area contributed by atoms with Crippen LogP contribution < -0.4 is 14.9 Å². The normalized spacial score (nSPS) is 11.2. The Morgan fingerprint density at radius 3 is 2.65 bits per heavy atom. The first-order valence-electron chi connectivity index (χ1n) is 9.81. The van der Waals surface area contributed by atoms with Gasteiger partial charge in [0.2, 0.25) is 0 Å². The summed E-state index contributed by atoms with van der Waals surface area (Å²) in [6.07, 6.45) is 1.44. The third-order valence-electron chi connectivity index (χ3n) is 4.70. The van der Waals surface area contributed by atoms with E-state index >= 15 is 0 Å². The fourth-order valence-electron chi connectivity index (χ4n) is 3.09. The van der Waals surface area contributed by atoms with E-state index < -0.39 is 5.91 Å². The summed E-state index contributed by atoms with van der Waals surface area (Å²) in [6, 6.07) is 15.7. The SMILES string of the molecule is COc1cc(/C=N/NC(=O)c2cc3cc(Br)ccc3o2)cc(Cl)c1OCc1ccc(Cl)c(Cl)c1. The zero-order valence-electron chi connectivity index (χ0n) is 17.6. The molecule has 0 bridgehead atoms. The first-order chi connectivity index (χ1) is 16.3. The van der Waals surface area contributed by atoms with Gasteiger partial charge in [0.1, 0.15) is 12.2 Å². The number of carbonyl (C=O) groups excluding carboxylic acids is 1. The predicted octanol–water partition coefficient (Wildman–Crippen LogP) is 7.51. The van der Waals surface area contributed by atoms with Crippen molar-refractivity contribution in [3.8, 4) is 11.5 Å². The summed E-state index contributed by atoms with van der Waals surface area (Å²) < 4.78 is 17.7. The smallest absolute Gasteiger partial charge is 0.307 e. The molecule has 3 aromatic carbocycles. The summed E-state index contributed by atoms with van der Waals surface area (Å²) in [5.41, 5.74) is 4.45. The number of carbonyl (C=O) groups is 1. The highest BCUT2D eigenvalue weighted by molar-refractivity contribution is 9.10. The highest BCUT2D eigenvalue weighted by Crippen LogP contribution is 2.37. The van der Waals surface area contributed by atoms with Crippen LogP contribution in [0.1, 0.15) is 21.7 Å². The molecule has 0 saturated carbocycles. The van der Waals surface area contributed by atoms with Gasteiger partial charge in [-0.3, -0.25) is 4.79 Å². The standard InChI is InChI=1S/C24H16BrCl3N2O4/c1-32-21-8-14(7-19(28)23(21)33-12-13-2-4-17(26)18(27)6-13)11-29-30-24(31)22-10-15-9-16(25)3-5-20(15)34-22/h2-11H,12H2,1H3,(H,30,31)/b29-11+. The van der Waals surface area contributed by atoms with Gasteiger partial charge < -0.3 is 13.9 Å². The zero-order chi connectivity index (χ0) is 24.2. The predicted molar refractivity (Wildman–Crippen MR) is 138 cm³/mol. The third kappa shape index (κ3) is 5.67. The van der Waals surface area contributed by atoms with Crippen molar-refractivity contribution in [1.29, 1.82) is 0 Å². The number of ether oxygens (including phenoxy) is 2. The van der Waals surface area contributed by atoms with Crippen LogP contribution in [0.2, 0.25) is 15.1 Å². The molecule has 1 aromatic heterocycles. The molecule has 0 aliphatic heterocycles. The Balaban J connectivity index is 1.44. The number of hydrazone groups is 1. The van der Waals surface area contributed by atoms with Crippen LogP contribution in [-0.4, -0.2) is 19.2 Å². The Kier molecular flexibility index (Phi) is 7.68. The summed E-state index contributed by atoms with van der Waals surface area (Å²) in [5.74, 6) is 0.434. The summed E-state index contributed by atoms with van der Waals surface area (Å²) in [5, 5.41) is 6.00. The van der Waals surface area contributed by atoms with Crippen LogP contribution in [0.25, 0.3) is 11.0 Å². The molecule has 4 rings (SSSR count). The molecule has 0 unspecified atom stereocenters. The number of hydrogen-bond acceptors (Lipinski definition) is 5. The van der Waals surface area contributed by atoms with Gasteiger partial charge in [0.15, 0.2) is 17.3 Å². The molecule has 10 heteroatoms. The lowest BCUT2D eigenvalue weighted by Crippen LogP contribution is -2.16. The summed E-state index contributed by atoms with van der Waals surface area (Å²) in [7, 11) is 1.50. The van der Waals surface area contributed by atoms with Crippen molar-refractivity contribution < 1.29 is 18.7 Å². The fourth-order valence-corrected chi connectivity index (χ4v) is 4.06.